The van der Waals surface area contributed by atoms with Crippen LogP contribution in [0.1, 0.15) is 0 Å². The van der Waals surface area contributed by atoms with Gasteiger partial charge in [0, 0.05) is 0 Å². The highest BCUT2D eigenvalue weighted by atomic mass is 35.5. The molecule has 1 amide bonds. The van der Waals surface area contributed by atoms with Crippen molar-refractivity contribution in [3.05, 3.63) is 29.0 Å². The Hall–Kier alpha value is -1.29. The molecule has 0 aliphatic heterocycles. The third kappa shape index (κ3) is 2.59. The number of carbonyl (C=O) groups excluding carboxylic acids is 1. The Balaban J connectivity index is 2.77. The molecule has 0 radical (unpaired) electrons. The Morgan fingerprint density at radius 3 is 2.92 bits per heavy atom. The SMILES string of the molecule is NC(=O)CNc1cccc(Cl)c1F. The predicted octanol–water partition coefficient (Wildman–Crippen LogP) is 1.38. The lowest BCUT2D eigenvalue weighted by Crippen LogP contribution is -2.22. The van der Waals surface area contributed by atoms with Crippen LogP contribution in [-0.2, 0) is 4.79 Å². The second-order valence-corrected chi connectivity index (χ2v) is 2.83. The Kier molecular flexibility index (Phi) is 3.08. The van der Waals surface area contributed by atoms with E-state index in [-0.39, 0.29) is 17.3 Å². The lowest BCUT2D eigenvalue weighted by atomic mass is 10.3. The first-order valence-corrected chi connectivity index (χ1v) is 3.95. The van der Waals surface area contributed by atoms with Crippen LogP contribution in [0.2, 0.25) is 5.02 Å². The van der Waals surface area contributed by atoms with Gasteiger partial charge in [-0.25, -0.2) is 4.39 Å². The maximum Gasteiger partial charge on any atom is 0.236 e. The van der Waals surface area contributed by atoms with Crippen LogP contribution in [0, 0.1) is 5.82 Å². The summed E-state index contributed by atoms with van der Waals surface area (Å²) in [4.78, 5) is 10.4. The van der Waals surface area contributed by atoms with Gasteiger partial charge in [0.15, 0.2) is 5.82 Å². The van der Waals surface area contributed by atoms with Crippen LogP contribution in [-0.4, -0.2) is 12.5 Å². The van der Waals surface area contributed by atoms with Crippen molar-refractivity contribution < 1.29 is 9.18 Å². The van der Waals surface area contributed by atoms with Gasteiger partial charge in [-0.1, -0.05) is 17.7 Å². The molecule has 0 heterocycles. The fraction of sp³-hybridized carbons (Fsp3) is 0.125. The molecule has 0 unspecified atom stereocenters. The van der Waals surface area contributed by atoms with Crippen molar-refractivity contribution in [3.8, 4) is 0 Å². The standard InChI is InChI=1S/C8H8ClFN2O/c9-5-2-1-3-6(8(5)10)12-4-7(11)13/h1-3,12H,4H2,(H2,11,13). The molecule has 5 heteroatoms. The number of halogens is 2. The largest absolute Gasteiger partial charge is 0.374 e. The van der Waals surface area contributed by atoms with Gasteiger partial charge >= 0.3 is 0 Å². The van der Waals surface area contributed by atoms with Gasteiger partial charge in [0.25, 0.3) is 0 Å². The quantitative estimate of drug-likeness (QED) is 0.778. The third-order valence-electron chi connectivity index (χ3n) is 1.40. The first kappa shape index (κ1) is 9.80. The lowest BCUT2D eigenvalue weighted by molar-refractivity contribution is -0.116. The van der Waals surface area contributed by atoms with Crippen LogP contribution in [0.3, 0.4) is 0 Å². The summed E-state index contributed by atoms with van der Waals surface area (Å²) in [5.74, 6) is -1.13. The molecule has 3 nitrogen and oxygen atoms in total. The molecular formula is C8H8ClFN2O. The lowest BCUT2D eigenvalue weighted by Gasteiger charge is -2.05. The van der Waals surface area contributed by atoms with Crippen LogP contribution in [0.5, 0.6) is 0 Å². The molecule has 1 aromatic carbocycles. The summed E-state index contributed by atoms with van der Waals surface area (Å²) < 4.78 is 13.1. The van der Waals surface area contributed by atoms with Crippen LogP contribution in [0.4, 0.5) is 10.1 Å². The molecule has 13 heavy (non-hydrogen) atoms. The minimum atomic E-state index is -0.578. The van der Waals surface area contributed by atoms with Crippen LogP contribution < -0.4 is 11.1 Å². The topological polar surface area (TPSA) is 55.1 Å². The smallest absolute Gasteiger partial charge is 0.236 e. The Morgan fingerprint density at radius 2 is 2.31 bits per heavy atom. The van der Waals surface area contributed by atoms with E-state index in [0.717, 1.165) is 0 Å². The second-order valence-electron chi connectivity index (χ2n) is 2.42. The third-order valence-corrected chi connectivity index (χ3v) is 1.70. The normalized spacial score (nSPS) is 9.69. The van der Waals surface area contributed by atoms with Gasteiger partial charge < -0.3 is 11.1 Å². The van der Waals surface area contributed by atoms with Crippen molar-refractivity contribution in [3.63, 3.8) is 0 Å². The molecule has 0 aliphatic carbocycles. The molecule has 0 atom stereocenters. The maximum absolute atomic E-state index is 13.1. The minimum Gasteiger partial charge on any atom is -0.374 e. The van der Waals surface area contributed by atoms with E-state index in [1.165, 1.54) is 12.1 Å². The Labute approximate surface area is 79.7 Å². The summed E-state index contributed by atoms with van der Waals surface area (Å²) in [6, 6.07) is 4.48. The van der Waals surface area contributed by atoms with Crippen molar-refractivity contribution in [2.45, 2.75) is 0 Å². The second kappa shape index (κ2) is 4.09. The number of nitrogens with two attached hydrogens (primary N) is 1. The maximum atomic E-state index is 13.1. The zero-order valence-corrected chi connectivity index (χ0v) is 7.44. The van der Waals surface area contributed by atoms with Crippen molar-refractivity contribution in [1.82, 2.24) is 0 Å². The zero-order chi connectivity index (χ0) is 9.84. The van der Waals surface area contributed by atoms with Gasteiger partial charge in [0.05, 0.1) is 17.3 Å². The average molecular weight is 203 g/mol. The predicted molar refractivity (Wildman–Crippen MR) is 49.1 cm³/mol. The number of anilines is 1. The highest BCUT2D eigenvalue weighted by Crippen LogP contribution is 2.21. The van der Waals surface area contributed by atoms with E-state index in [1.807, 2.05) is 0 Å². The number of hydrogen-bond acceptors (Lipinski definition) is 2. The number of hydrogen-bond donors (Lipinski definition) is 2. The average Bonchev–Trinajstić information content (AvgIpc) is 2.07. The van der Waals surface area contributed by atoms with Crippen molar-refractivity contribution >= 4 is 23.2 Å². The molecule has 0 aliphatic rings. The summed E-state index contributed by atoms with van der Waals surface area (Å²) in [7, 11) is 0. The van der Waals surface area contributed by atoms with Crippen molar-refractivity contribution in [2.24, 2.45) is 5.73 Å². The number of nitrogens with one attached hydrogen (secondary N) is 1. The van der Waals surface area contributed by atoms with Crippen molar-refractivity contribution in [1.29, 1.82) is 0 Å². The highest BCUT2D eigenvalue weighted by Gasteiger charge is 2.05. The minimum absolute atomic E-state index is 0.00877. The first-order valence-electron chi connectivity index (χ1n) is 3.57. The molecule has 3 N–H and O–H groups in total. The van der Waals surface area contributed by atoms with E-state index < -0.39 is 11.7 Å². The summed E-state index contributed by atoms with van der Waals surface area (Å²) in [6.07, 6.45) is 0. The molecule has 70 valence electrons. The van der Waals surface area contributed by atoms with E-state index in [4.69, 9.17) is 17.3 Å². The summed E-state index contributed by atoms with van der Waals surface area (Å²) in [5.41, 5.74) is 5.04. The van der Waals surface area contributed by atoms with Gasteiger partial charge in [0.1, 0.15) is 0 Å². The molecule has 0 saturated carbocycles. The van der Waals surface area contributed by atoms with Gasteiger partial charge in [-0.3, -0.25) is 4.79 Å². The van der Waals surface area contributed by atoms with Gasteiger partial charge in [-0.15, -0.1) is 0 Å². The fourth-order valence-corrected chi connectivity index (χ4v) is 0.997. The molecule has 1 aromatic rings. The highest BCUT2D eigenvalue weighted by molar-refractivity contribution is 6.31. The molecule has 1 rings (SSSR count). The van der Waals surface area contributed by atoms with E-state index in [1.54, 1.807) is 6.07 Å². The first-order chi connectivity index (χ1) is 6.11. The Morgan fingerprint density at radius 1 is 1.62 bits per heavy atom. The van der Waals surface area contributed by atoms with Crippen LogP contribution in [0.15, 0.2) is 18.2 Å². The number of rotatable bonds is 3. The molecule has 0 aromatic heterocycles. The number of carbonyl (C=O) groups is 1. The van der Waals surface area contributed by atoms with Crippen LogP contribution in [0.25, 0.3) is 0 Å². The van der Waals surface area contributed by atoms with Gasteiger partial charge in [0.2, 0.25) is 5.91 Å². The summed E-state index contributed by atoms with van der Waals surface area (Å²) in [6.45, 7) is -0.114. The van der Waals surface area contributed by atoms with Crippen molar-refractivity contribution in [2.75, 3.05) is 11.9 Å². The number of primary amides is 1. The van der Waals surface area contributed by atoms with E-state index in [2.05, 4.69) is 5.32 Å². The fourth-order valence-electron chi connectivity index (χ4n) is 0.823. The molecule has 0 spiro atoms. The van der Waals surface area contributed by atoms with Gasteiger partial charge in [-0.2, -0.15) is 0 Å². The van der Waals surface area contributed by atoms with E-state index in [0.29, 0.717) is 0 Å². The molecule has 0 saturated heterocycles. The van der Waals surface area contributed by atoms with Gasteiger partial charge in [-0.05, 0) is 12.1 Å². The monoisotopic (exact) mass is 202 g/mol. The molecular weight excluding hydrogens is 195 g/mol. The molecule has 0 bridgehead atoms. The Bertz CT molecular complexity index is 330. The van der Waals surface area contributed by atoms with E-state index >= 15 is 0 Å². The summed E-state index contributed by atoms with van der Waals surface area (Å²) >= 11 is 5.50. The zero-order valence-electron chi connectivity index (χ0n) is 6.68. The molecule has 0 fully saturated rings. The van der Waals surface area contributed by atoms with E-state index in [9.17, 15) is 9.18 Å². The van der Waals surface area contributed by atoms with Crippen LogP contribution >= 0.6 is 11.6 Å². The number of benzene rings is 1. The number of amides is 1. The summed E-state index contributed by atoms with van der Waals surface area (Å²) in [5, 5.41) is 2.53.